The lowest BCUT2D eigenvalue weighted by Gasteiger charge is -2.20. The van der Waals surface area contributed by atoms with E-state index in [9.17, 15) is 0 Å². The topological polar surface area (TPSA) is 38.9 Å². The minimum Gasteiger partial charge on any atom is -0.384 e. The molecule has 2 N–H and O–H groups in total. The van der Waals surface area contributed by atoms with E-state index in [1.54, 1.807) is 0 Å². The van der Waals surface area contributed by atoms with Crippen LogP contribution in [-0.2, 0) is 5.41 Å². The van der Waals surface area contributed by atoms with Gasteiger partial charge in [-0.3, -0.25) is 0 Å². The van der Waals surface area contributed by atoms with Crippen LogP contribution in [-0.4, -0.2) is 4.98 Å². The zero-order valence-electron chi connectivity index (χ0n) is 9.71. The van der Waals surface area contributed by atoms with E-state index in [0.29, 0.717) is 5.82 Å². The fourth-order valence-electron chi connectivity index (χ4n) is 1.83. The van der Waals surface area contributed by atoms with Crippen molar-refractivity contribution >= 4 is 28.2 Å². The van der Waals surface area contributed by atoms with Crippen LogP contribution in [0.5, 0.6) is 0 Å². The van der Waals surface area contributed by atoms with Crippen LogP contribution >= 0.6 is 11.6 Å². The predicted molar refractivity (Wildman–Crippen MR) is 69.9 cm³/mol. The number of benzene rings is 1. The van der Waals surface area contributed by atoms with Gasteiger partial charge in [-0.15, -0.1) is 0 Å². The van der Waals surface area contributed by atoms with E-state index in [1.807, 2.05) is 24.3 Å². The summed E-state index contributed by atoms with van der Waals surface area (Å²) in [6, 6.07) is 7.68. The number of rotatable bonds is 0. The molecule has 0 spiro atoms. The third-order valence-corrected chi connectivity index (χ3v) is 2.88. The van der Waals surface area contributed by atoms with Gasteiger partial charge >= 0.3 is 0 Å². The van der Waals surface area contributed by atoms with Crippen molar-refractivity contribution in [2.45, 2.75) is 26.2 Å². The van der Waals surface area contributed by atoms with Crippen LogP contribution in [0.1, 0.15) is 26.5 Å². The van der Waals surface area contributed by atoms with Gasteiger partial charge in [0.05, 0.1) is 5.69 Å². The van der Waals surface area contributed by atoms with E-state index in [2.05, 4.69) is 25.8 Å². The van der Waals surface area contributed by atoms with Gasteiger partial charge in [-0.1, -0.05) is 44.5 Å². The number of hydrogen-bond donors (Lipinski definition) is 1. The van der Waals surface area contributed by atoms with Crippen molar-refractivity contribution in [2.75, 3.05) is 5.73 Å². The van der Waals surface area contributed by atoms with Gasteiger partial charge in [0.15, 0.2) is 0 Å². The summed E-state index contributed by atoms with van der Waals surface area (Å²) in [5, 5.41) is 2.77. The molecule has 16 heavy (non-hydrogen) atoms. The number of aromatic nitrogens is 1. The van der Waals surface area contributed by atoms with Crippen molar-refractivity contribution in [3.05, 3.63) is 35.0 Å². The molecule has 0 amide bonds. The molecule has 2 nitrogen and oxygen atoms in total. The van der Waals surface area contributed by atoms with Crippen molar-refractivity contribution < 1.29 is 0 Å². The fourth-order valence-corrected chi connectivity index (χ4v) is 2.06. The third kappa shape index (κ3) is 1.85. The van der Waals surface area contributed by atoms with Crippen molar-refractivity contribution in [2.24, 2.45) is 0 Å². The average molecular weight is 235 g/mol. The van der Waals surface area contributed by atoms with Crippen molar-refractivity contribution in [3.8, 4) is 0 Å². The first-order valence-corrected chi connectivity index (χ1v) is 5.62. The maximum absolute atomic E-state index is 6.17. The second-order valence-corrected chi connectivity index (χ2v) is 5.39. The Kier molecular flexibility index (Phi) is 2.55. The summed E-state index contributed by atoms with van der Waals surface area (Å²) in [6.45, 7) is 6.36. The molecule has 1 aromatic carbocycles. The number of hydrogen-bond acceptors (Lipinski definition) is 2. The Balaban J connectivity index is 2.89. The lowest BCUT2D eigenvalue weighted by molar-refractivity contribution is 0.576. The fraction of sp³-hybridized carbons (Fsp3) is 0.308. The molecule has 0 saturated carbocycles. The summed E-state index contributed by atoms with van der Waals surface area (Å²) in [7, 11) is 0. The van der Waals surface area contributed by atoms with Crippen LogP contribution < -0.4 is 5.73 Å². The molecule has 1 heterocycles. The highest BCUT2D eigenvalue weighted by atomic mass is 35.5. The highest BCUT2D eigenvalue weighted by molar-refractivity contribution is 6.35. The second-order valence-electron chi connectivity index (χ2n) is 4.98. The van der Waals surface area contributed by atoms with Crippen molar-refractivity contribution in [1.82, 2.24) is 4.98 Å². The number of halogens is 1. The van der Waals surface area contributed by atoms with Gasteiger partial charge in [0.2, 0.25) is 0 Å². The van der Waals surface area contributed by atoms with Gasteiger partial charge in [0, 0.05) is 21.2 Å². The average Bonchev–Trinajstić information content (AvgIpc) is 2.17. The number of pyridine rings is 1. The lowest BCUT2D eigenvalue weighted by Crippen LogP contribution is -2.15. The van der Waals surface area contributed by atoms with E-state index in [1.165, 1.54) is 0 Å². The summed E-state index contributed by atoms with van der Waals surface area (Å²) < 4.78 is 0. The molecule has 0 bridgehead atoms. The summed E-state index contributed by atoms with van der Waals surface area (Å²) in [4.78, 5) is 4.43. The molecule has 0 fully saturated rings. The molecule has 0 aliphatic rings. The Morgan fingerprint density at radius 1 is 1.19 bits per heavy atom. The normalized spacial score (nSPS) is 12.0. The zero-order valence-corrected chi connectivity index (χ0v) is 10.5. The first-order valence-electron chi connectivity index (χ1n) is 5.25. The standard InChI is InChI=1S/C13H15ClN2/c1-13(2,3)12-8-5-4-6-10(14)9(8)7-11(15)16-12/h4-7H,1-3H3,(H2,15,16). The number of anilines is 1. The van der Waals surface area contributed by atoms with E-state index in [4.69, 9.17) is 17.3 Å². The zero-order chi connectivity index (χ0) is 11.9. The van der Waals surface area contributed by atoms with Gasteiger partial charge in [0.1, 0.15) is 5.82 Å². The predicted octanol–water partition coefficient (Wildman–Crippen LogP) is 3.77. The largest absolute Gasteiger partial charge is 0.384 e. The van der Waals surface area contributed by atoms with Gasteiger partial charge in [-0.2, -0.15) is 0 Å². The Bertz CT molecular complexity index is 541. The first kappa shape index (κ1) is 11.2. The monoisotopic (exact) mass is 234 g/mol. The van der Waals surface area contributed by atoms with Crippen LogP contribution in [0.2, 0.25) is 5.02 Å². The Hall–Kier alpha value is -1.28. The summed E-state index contributed by atoms with van der Waals surface area (Å²) >= 11 is 6.17. The molecular weight excluding hydrogens is 220 g/mol. The Morgan fingerprint density at radius 3 is 2.50 bits per heavy atom. The molecule has 0 radical (unpaired) electrons. The minimum absolute atomic E-state index is 0.0433. The van der Waals surface area contributed by atoms with E-state index in [-0.39, 0.29) is 5.41 Å². The van der Waals surface area contributed by atoms with Crippen LogP contribution in [0.4, 0.5) is 5.82 Å². The van der Waals surface area contributed by atoms with Crippen LogP contribution in [0.25, 0.3) is 10.8 Å². The lowest BCUT2D eigenvalue weighted by atomic mass is 9.88. The molecule has 0 unspecified atom stereocenters. The van der Waals surface area contributed by atoms with Gasteiger partial charge < -0.3 is 5.73 Å². The molecule has 84 valence electrons. The summed E-state index contributed by atoms with van der Waals surface area (Å²) in [6.07, 6.45) is 0. The molecule has 0 aliphatic carbocycles. The van der Waals surface area contributed by atoms with Crippen LogP contribution in [0, 0.1) is 0 Å². The Morgan fingerprint density at radius 2 is 1.88 bits per heavy atom. The number of nitrogen functional groups attached to an aromatic ring is 1. The van der Waals surface area contributed by atoms with E-state index < -0.39 is 0 Å². The van der Waals surface area contributed by atoms with Crippen LogP contribution in [0.3, 0.4) is 0 Å². The maximum atomic E-state index is 6.17. The van der Waals surface area contributed by atoms with Crippen molar-refractivity contribution in [3.63, 3.8) is 0 Å². The SMILES string of the molecule is CC(C)(C)c1nc(N)cc2c(Cl)cccc12. The first-order chi connectivity index (χ1) is 7.39. The molecule has 0 aliphatic heterocycles. The molecule has 2 aromatic rings. The quantitative estimate of drug-likeness (QED) is 0.754. The number of fused-ring (bicyclic) bond motifs is 1. The summed E-state index contributed by atoms with van der Waals surface area (Å²) in [5.41, 5.74) is 6.77. The van der Waals surface area contributed by atoms with Crippen molar-refractivity contribution in [1.29, 1.82) is 0 Å². The minimum atomic E-state index is -0.0433. The molecule has 0 atom stereocenters. The molecule has 1 aromatic heterocycles. The van der Waals surface area contributed by atoms with Gasteiger partial charge in [0.25, 0.3) is 0 Å². The molecule has 0 saturated heterocycles. The molecule has 3 heteroatoms. The second kappa shape index (κ2) is 3.63. The van der Waals surface area contributed by atoms with Gasteiger partial charge in [-0.25, -0.2) is 4.98 Å². The van der Waals surface area contributed by atoms with E-state index in [0.717, 1.165) is 21.5 Å². The highest BCUT2D eigenvalue weighted by Gasteiger charge is 2.19. The Labute approximate surface area is 100 Å². The van der Waals surface area contributed by atoms with Crippen LogP contribution in [0.15, 0.2) is 24.3 Å². The highest BCUT2D eigenvalue weighted by Crippen LogP contribution is 2.32. The van der Waals surface area contributed by atoms with E-state index >= 15 is 0 Å². The summed E-state index contributed by atoms with van der Waals surface area (Å²) in [5.74, 6) is 0.519. The number of nitrogens with two attached hydrogens (primary N) is 1. The molecule has 2 rings (SSSR count). The maximum Gasteiger partial charge on any atom is 0.124 e. The third-order valence-electron chi connectivity index (χ3n) is 2.55. The molecular formula is C13H15ClN2. The smallest absolute Gasteiger partial charge is 0.124 e. The van der Waals surface area contributed by atoms with Gasteiger partial charge in [-0.05, 0) is 12.1 Å². The number of nitrogens with zero attached hydrogens (tertiary/aromatic N) is 1.